The summed E-state index contributed by atoms with van der Waals surface area (Å²) in [6.07, 6.45) is 0. The van der Waals surface area contributed by atoms with Gasteiger partial charge in [-0.25, -0.2) is 0 Å². The predicted molar refractivity (Wildman–Crippen MR) is 316 cm³/mol. The molecule has 2 aliphatic rings. The van der Waals surface area contributed by atoms with Crippen molar-refractivity contribution in [1.82, 2.24) is 0 Å². The van der Waals surface area contributed by atoms with Gasteiger partial charge in [0.15, 0.2) is 0 Å². The molecule has 4 heteroatoms. The molecule has 0 spiro atoms. The number of rotatable bonds is 8. The predicted octanol–water partition coefficient (Wildman–Crippen LogP) is 20.6. The SMILES string of the molecule is CC1(C)c2ccccc2-c2ccc(N(c3ccccc3)c3ccc4c(c3)Sc3cccc5c3c-4c(-c3ccccc3)c3ccc(N(c4ccc6c(c4)oc4ccccc46)c4ccccc4-c4ccccc4)cc35)cc21. The third-order valence-corrected chi connectivity index (χ3v) is 16.9. The quantitative estimate of drug-likeness (QED) is 0.141. The summed E-state index contributed by atoms with van der Waals surface area (Å²) in [5, 5.41) is 7.16. The molecule has 13 aromatic rings. The minimum absolute atomic E-state index is 0.121. The average Bonchev–Trinajstić information content (AvgIpc) is 3.97. The molecule has 15 rings (SSSR count). The first kappa shape index (κ1) is 43.5. The molecule has 0 radical (unpaired) electrons. The molecular weight excluding hydrogens is 929 g/mol. The zero-order valence-electron chi connectivity index (χ0n) is 41.5. The van der Waals surface area contributed by atoms with Crippen LogP contribution in [0.2, 0.25) is 0 Å². The number of nitrogens with zero attached hydrogens (tertiary/aromatic N) is 2. The summed E-state index contributed by atoms with van der Waals surface area (Å²) < 4.78 is 6.56. The number of anilines is 6. The van der Waals surface area contributed by atoms with E-state index in [1.54, 1.807) is 0 Å². The van der Waals surface area contributed by atoms with E-state index < -0.39 is 0 Å². The van der Waals surface area contributed by atoms with Crippen molar-refractivity contribution in [2.75, 3.05) is 9.80 Å². The summed E-state index contributed by atoms with van der Waals surface area (Å²) in [6, 6.07) is 93.4. The maximum Gasteiger partial charge on any atom is 0.137 e. The molecule has 0 fully saturated rings. The van der Waals surface area contributed by atoms with Crippen molar-refractivity contribution in [3.8, 4) is 44.5 Å². The van der Waals surface area contributed by atoms with Crippen LogP contribution in [0.4, 0.5) is 34.1 Å². The molecule has 1 aliphatic carbocycles. The number of furan rings is 1. The molecular formula is C71H48N2OS. The zero-order valence-corrected chi connectivity index (χ0v) is 42.3. The maximum absolute atomic E-state index is 6.56. The van der Waals surface area contributed by atoms with Crippen LogP contribution in [0.3, 0.4) is 0 Å². The molecule has 0 saturated heterocycles. The third-order valence-electron chi connectivity index (χ3n) is 15.8. The summed E-state index contributed by atoms with van der Waals surface area (Å²) in [7, 11) is 0. The van der Waals surface area contributed by atoms with Crippen LogP contribution in [0, 0.1) is 0 Å². The van der Waals surface area contributed by atoms with Gasteiger partial charge in [-0.3, -0.25) is 0 Å². The largest absolute Gasteiger partial charge is 0.456 e. The lowest BCUT2D eigenvalue weighted by atomic mass is 9.82. The molecule has 0 bridgehead atoms. The smallest absolute Gasteiger partial charge is 0.137 e. The van der Waals surface area contributed by atoms with Crippen LogP contribution in [0.15, 0.2) is 269 Å². The van der Waals surface area contributed by atoms with E-state index in [1.165, 1.54) is 75.8 Å². The molecule has 1 aliphatic heterocycles. The van der Waals surface area contributed by atoms with Crippen molar-refractivity contribution in [1.29, 1.82) is 0 Å². The first-order valence-corrected chi connectivity index (χ1v) is 26.6. The molecule has 1 aromatic heterocycles. The van der Waals surface area contributed by atoms with Gasteiger partial charge in [-0.1, -0.05) is 195 Å². The van der Waals surface area contributed by atoms with Crippen molar-refractivity contribution in [2.45, 2.75) is 29.1 Å². The average molecular weight is 977 g/mol. The Morgan fingerprint density at radius 3 is 1.73 bits per heavy atom. The highest BCUT2D eigenvalue weighted by Gasteiger charge is 2.36. The second-order valence-electron chi connectivity index (χ2n) is 20.4. The lowest BCUT2D eigenvalue weighted by Crippen LogP contribution is -2.16. The van der Waals surface area contributed by atoms with Gasteiger partial charge in [-0.15, -0.1) is 0 Å². The number of para-hydroxylation sites is 3. The van der Waals surface area contributed by atoms with E-state index in [4.69, 9.17) is 4.42 Å². The van der Waals surface area contributed by atoms with Gasteiger partial charge in [-0.2, -0.15) is 0 Å². The fraction of sp³-hybridized carbons (Fsp3) is 0.0423. The first-order valence-electron chi connectivity index (χ1n) is 25.8. The molecule has 12 aromatic carbocycles. The van der Waals surface area contributed by atoms with Crippen molar-refractivity contribution in [3.63, 3.8) is 0 Å². The molecule has 2 heterocycles. The lowest BCUT2D eigenvalue weighted by Gasteiger charge is -2.31. The molecule has 354 valence electrons. The van der Waals surface area contributed by atoms with Crippen LogP contribution >= 0.6 is 11.8 Å². The Balaban J connectivity index is 0.931. The van der Waals surface area contributed by atoms with E-state index in [9.17, 15) is 0 Å². The fourth-order valence-corrected chi connectivity index (χ4v) is 13.5. The Hall–Kier alpha value is -9.09. The summed E-state index contributed by atoms with van der Waals surface area (Å²) in [5.41, 5.74) is 20.8. The van der Waals surface area contributed by atoms with Crippen LogP contribution < -0.4 is 9.80 Å². The highest BCUT2D eigenvalue weighted by atomic mass is 32.2. The number of fused-ring (bicyclic) bond motifs is 10. The van der Waals surface area contributed by atoms with E-state index in [1.807, 2.05) is 17.8 Å². The number of benzene rings is 12. The second kappa shape index (κ2) is 17.0. The van der Waals surface area contributed by atoms with E-state index in [0.717, 1.165) is 67.2 Å². The van der Waals surface area contributed by atoms with Crippen molar-refractivity contribution in [2.24, 2.45) is 0 Å². The van der Waals surface area contributed by atoms with Crippen molar-refractivity contribution in [3.05, 3.63) is 266 Å². The standard InChI is InChI=1S/C71H48N2OS/c1-71(2)61-29-15-12-26-53(61)54-37-33-49(42-62(54)71)72(47-23-10-5-11-24-47)51-36-40-59-67(44-51)75-66-32-18-28-57-60-41-48(35-39-58(60)68(70(59)69(57)66)46-21-8-4-9-22-46)73(63-30-16-13-25-52(63)45-19-6-3-7-20-45)50-34-38-56-55-27-14-17-31-64(55)74-65(56)43-50/h3-44H,1-2H3. The van der Waals surface area contributed by atoms with Gasteiger partial charge < -0.3 is 14.2 Å². The Labute approximate surface area is 440 Å². The van der Waals surface area contributed by atoms with E-state index in [-0.39, 0.29) is 5.41 Å². The topological polar surface area (TPSA) is 19.6 Å². The van der Waals surface area contributed by atoms with Crippen LogP contribution in [0.25, 0.3) is 88.0 Å². The zero-order chi connectivity index (χ0) is 49.8. The Kier molecular flexibility index (Phi) is 9.85. The van der Waals surface area contributed by atoms with Crippen LogP contribution in [-0.2, 0) is 5.41 Å². The van der Waals surface area contributed by atoms with Gasteiger partial charge in [0.25, 0.3) is 0 Å². The van der Waals surface area contributed by atoms with Gasteiger partial charge in [0.2, 0.25) is 0 Å². The molecule has 0 N–H and O–H groups in total. The fourth-order valence-electron chi connectivity index (χ4n) is 12.4. The highest BCUT2D eigenvalue weighted by Crippen LogP contribution is 2.57. The van der Waals surface area contributed by atoms with Crippen molar-refractivity contribution < 1.29 is 4.42 Å². The third kappa shape index (κ3) is 6.83. The van der Waals surface area contributed by atoms with Gasteiger partial charge >= 0.3 is 0 Å². The van der Waals surface area contributed by atoms with Gasteiger partial charge in [0.05, 0.1) is 5.69 Å². The van der Waals surface area contributed by atoms with Gasteiger partial charge in [0.1, 0.15) is 11.2 Å². The first-order chi connectivity index (χ1) is 37.0. The molecule has 3 nitrogen and oxygen atoms in total. The summed E-state index contributed by atoms with van der Waals surface area (Å²) in [6.45, 7) is 4.72. The minimum atomic E-state index is -0.121. The Bertz CT molecular complexity index is 4430. The molecule has 75 heavy (non-hydrogen) atoms. The minimum Gasteiger partial charge on any atom is -0.456 e. The summed E-state index contributed by atoms with van der Waals surface area (Å²) in [5.74, 6) is 0. The summed E-state index contributed by atoms with van der Waals surface area (Å²) >= 11 is 1.88. The van der Waals surface area contributed by atoms with E-state index in [0.29, 0.717) is 0 Å². The van der Waals surface area contributed by atoms with Crippen LogP contribution in [-0.4, -0.2) is 0 Å². The van der Waals surface area contributed by atoms with E-state index >= 15 is 0 Å². The number of hydrogen-bond acceptors (Lipinski definition) is 4. The van der Waals surface area contributed by atoms with E-state index in [2.05, 4.69) is 272 Å². The van der Waals surface area contributed by atoms with Crippen molar-refractivity contribution >= 4 is 89.4 Å². The Morgan fingerprint density at radius 1 is 0.333 bits per heavy atom. The molecule has 0 saturated carbocycles. The highest BCUT2D eigenvalue weighted by molar-refractivity contribution is 7.99. The van der Waals surface area contributed by atoms with Crippen LogP contribution in [0.1, 0.15) is 25.0 Å². The lowest BCUT2D eigenvalue weighted by molar-refractivity contribution is 0.660. The Morgan fingerprint density at radius 2 is 0.920 bits per heavy atom. The normalized spacial score (nSPS) is 13.0. The molecule has 0 unspecified atom stereocenters. The molecule has 0 atom stereocenters. The second-order valence-corrected chi connectivity index (χ2v) is 21.5. The number of hydrogen-bond donors (Lipinski definition) is 0. The molecule has 0 amide bonds. The van der Waals surface area contributed by atoms with Crippen LogP contribution in [0.5, 0.6) is 0 Å². The monoisotopic (exact) mass is 976 g/mol. The maximum atomic E-state index is 6.56. The van der Waals surface area contributed by atoms with Gasteiger partial charge in [-0.05, 0) is 140 Å². The summed E-state index contributed by atoms with van der Waals surface area (Å²) in [4.78, 5) is 7.34. The van der Waals surface area contributed by atoms with Gasteiger partial charge in [0, 0.05) is 77.0 Å².